The number of nitrogens with one attached hydrogen (secondary N) is 1. The van der Waals surface area contributed by atoms with Gasteiger partial charge in [0.05, 0.1) is 11.2 Å². The molecule has 1 heterocycles. The minimum Gasteiger partial charge on any atom is -0.376 e. The van der Waals surface area contributed by atoms with Gasteiger partial charge in [0.25, 0.3) is 5.56 Å². The largest absolute Gasteiger partial charge is 0.376 e. The van der Waals surface area contributed by atoms with Gasteiger partial charge in [-0.1, -0.05) is 31.4 Å². The molecule has 1 N–H and O–H groups in total. The van der Waals surface area contributed by atoms with Gasteiger partial charge in [0.1, 0.15) is 12.2 Å². The van der Waals surface area contributed by atoms with Crippen molar-refractivity contribution in [3.8, 4) is 12.3 Å². The zero-order valence-electron chi connectivity index (χ0n) is 11.2. The second-order valence-corrected chi connectivity index (χ2v) is 5.61. The molecule has 1 aromatic rings. The van der Waals surface area contributed by atoms with Gasteiger partial charge in [-0.3, -0.25) is 4.79 Å². The van der Waals surface area contributed by atoms with E-state index in [1.54, 1.807) is 0 Å². The lowest BCUT2D eigenvalue weighted by Gasteiger charge is -2.21. The topological polar surface area (TPSA) is 46.9 Å². The molecule has 0 saturated heterocycles. The van der Waals surface area contributed by atoms with Gasteiger partial charge >= 0.3 is 0 Å². The number of nitrogens with zero attached hydrogens (tertiary/aromatic N) is 2. The summed E-state index contributed by atoms with van der Waals surface area (Å²) >= 11 is 6.07. The molecule has 0 amide bonds. The van der Waals surface area contributed by atoms with E-state index in [9.17, 15) is 4.79 Å². The molecular weight excluding hydrogens is 262 g/mol. The zero-order valence-corrected chi connectivity index (χ0v) is 11.9. The van der Waals surface area contributed by atoms with Gasteiger partial charge in [0.2, 0.25) is 0 Å². The molecule has 1 aliphatic carbocycles. The Balaban J connectivity index is 2.28. The smallest absolute Gasteiger partial charge is 0.292 e. The summed E-state index contributed by atoms with van der Waals surface area (Å²) in [6.07, 6.45) is 8.90. The van der Waals surface area contributed by atoms with Crippen molar-refractivity contribution in [2.45, 2.75) is 39.3 Å². The van der Waals surface area contributed by atoms with Crippen LogP contribution in [0, 0.1) is 24.2 Å². The lowest BCUT2D eigenvalue weighted by Crippen LogP contribution is -2.31. The monoisotopic (exact) mass is 279 g/mol. The SMILES string of the molecule is C#CCn1ncc(Cl)c(NC2CCC(C)C2C)c1=O. The van der Waals surface area contributed by atoms with Crippen LogP contribution in [0.5, 0.6) is 0 Å². The fraction of sp³-hybridized carbons (Fsp3) is 0.571. The first-order valence-corrected chi connectivity index (χ1v) is 6.88. The van der Waals surface area contributed by atoms with E-state index in [2.05, 4.69) is 30.2 Å². The molecule has 3 atom stereocenters. The lowest BCUT2D eigenvalue weighted by atomic mass is 9.98. The predicted molar refractivity (Wildman–Crippen MR) is 77.3 cm³/mol. The first kappa shape index (κ1) is 14.0. The summed E-state index contributed by atoms with van der Waals surface area (Å²) in [6.45, 7) is 4.59. The van der Waals surface area contributed by atoms with Crippen molar-refractivity contribution >= 4 is 17.3 Å². The molecule has 5 heteroatoms. The molecule has 0 bridgehead atoms. The number of hydrogen-bond acceptors (Lipinski definition) is 3. The summed E-state index contributed by atoms with van der Waals surface area (Å²) in [5.74, 6) is 3.59. The summed E-state index contributed by atoms with van der Waals surface area (Å²) in [6, 6.07) is 0.280. The van der Waals surface area contributed by atoms with Gasteiger partial charge < -0.3 is 5.32 Å². The van der Waals surface area contributed by atoms with Crippen LogP contribution in [0.3, 0.4) is 0 Å². The number of hydrogen-bond donors (Lipinski definition) is 1. The maximum absolute atomic E-state index is 12.2. The molecule has 0 aromatic carbocycles. The third-order valence-corrected chi connectivity index (χ3v) is 4.32. The van der Waals surface area contributed by atoms with Crippen molar-refractivity contribution in [3.63, 3.8) is 0 Å². The van der Waals surface area contributed by atoms with E-state index >= 15 is 0 Å². The van der Waals surface area contributed by atoms with E-state index in [-0.39, 0.29) is 18.1 Å². The number of aromatic nitrogens is 2. The second kappa shape index (κ2) is 5.66. The predicted octanol–water partition coefficient (Wildman–Crippen LogP) is 2.38. The summed E-state index contributed by atoms with van der Waals surface area (Å²) in [5, 5.41) is 7.56. The Kier molecular flexibility index (Phi) is 4.16. The quantitative estimate of drug-likeness (QED) is 0.864. The highest BCUT2D eigenvalue weighted by atomic mass is 35.5. The fourth-order valence-electron chi connectivity index (χ4n) is 2.55. The summed E-state index contributed by atoms with van der Waals surface area (Å²) < 4.78 is 1.25. The summed E-state index contributed by atoms with van der Waals surface area (Å²) in [5.41, 5.74) is 0.162. The number of anilines is 1. The molecule has 0 aliphatic heterocycles. The molecule has 4 nitrogen and oxygen atoms in total. The van der Waals surface area contributed by atoms with Crippen LogP contribution in [0.2, 0.25) is 5.02 Å². The molecule has 0 radical (unpaired) electrons. The molecule has 1 saturated carbocycles. The minimum atomic E-state index is -0.253. The highest BCUT2D eigenvalue weighted by Gasteiger charge is 2.30. The van der Waals surface area contributed by atoms with E-state index < -0.39 is 0 Å². The van der Waals surface area contributed by atoms with Gasteiger partial charge in [-0.05, 0) is 24.7 Å². The average Bonchev–Trinajstić information content (AvgIpc) is 2.70. The minimum absolute atomic E-state index is 0.154. The average molecular weight is 280 g/mol. The van der Waals surface area contributed by atoms with Crippen LogP contribution < -0.4 is 10.9 Å². The Morgan fingerprint density at radius 3 is 2.89 bits per heavy atom. The highest BCUT2D eigenvalue weighted by Crippen LogP contribution is 2.33. The Morgan fingerprint density at radius 1 is 1.58 bits per heavy atom. The van der Waals surface area contributed by atoms with Crippen molar-refractivity contribution < 1.29 is 0 Å². The van der Waals surface area contributed by atoms with Crippen LogP contribution in [0.15, 0.2) is 11.0 Å². The van der Waals surface area contributed by atoms with Crippen LogP contribution >= 0.6 is 11.6 Å². The molecule has 102 valence electrons. The molecule has 2 rings (SSSR count). The molecule has 1 aliphatic rings. The highest BCUT2D eigenvalue weighted by molar-refractivity contribution is 6.33. The van der Waals surface area contributed by atoms with Gasteiger partial charge in [-0.25, -0.2) is 4.68 Å². The summed E-state index contributed by atoms with van der Waals surface area (Å²) in [4.78, 5) is 12.2. The first-order chi connectivity index (χ1) is 9.04. The molecular formula is C14H18ClN3O. The van der Waals surface area contributed by atoms with E-state index in [0.29, 0.717) is 22.5 Å². The Morgan fingerprint density at radius 2 is 2.32 bits per heavy atom. The molecule has 3 unspecified atom stereocenters. The summed E-state index contributed by atoms with van der Waals surface area (Å²) in [7, 11) is 0. The van der Waals surface area contributed by atoms with Crippen LogP contribution in [0.25, 0.3) is 0 Å². The van der Waals surface area contributed by atoms with E-state index in [1.807, 2.05) is 0 Å². The number of halogens is 1. The lowest BCUT2D eigenvalue weighted by molar-refractivity contribution is 0.435. The maximum atomic E-state index is 12.2. The van der Waals surface area contributed by atoms with Crippen molar-refractivity contribution in [1.82, 2.24) is 9.78 Å². The van der Waals surface area contributed by atoms with Crippen molar-refractivity contribution in [1.29, 1.82) is 0 Å². The zero-order chi connectivity index (χ0) is 14.0. The molecule has 0 spiro atoms. The second-order valence-electron chi connectivity index (χ2n) is 5.20. The van der Waals surface area contributed by atoms with Gasteiger partial charge in [0.15, 0.2) is 0 Å². The number of rotatable bonds is 3. The van der Waals surface area contributed by atoms with E-state index in [1.165, 1.54) is 17.3 Å². The van der Waals surface area contributed by atoms with Gasteiger partial charge in [0, 0.05) is 6.04 Å². The van der Waals surface area contributed by atoms with Crippen LogP contribution in [0.4, 0.5) is 5.69 Å². The molecule has 1 aromatic heterocycles. The molecule has 1 fully saturated rings. The fourth-order valence-corrected chi connectivity index (χ4v) is 2.73. The van der Waals surface area contributed by atoms with Crippen LogP contribution in [0.1, 0.15) is 26.7 Å². The van der Waals surface area contributed by atoms with E-state index in [0.717, 1.165) is 6.42 Å². The standard InChI is InChI=1S/C14H18ClN3O/c1-4-7-18-14(19)13(11(15)8-16-18)17-12-6-5-9(2)10(12)3/h1,8-10,12,17H,5-7H2,2-3H3. The van der Waals surface area contributed by atoms with Crippen molar-refractivity contribution in [3.05, 3.63) is 21.6 Å². The van der Waals surface area contributed by atoms with E-state index in [4.69, 9.17) is 18.0 Å². The Bertz CT molecular complexity index is 561. The first-order valence-electron chi connectivity index (χ1n) is 6.50. The maximum Gasteiger partial charge on any atom is 0.292 e. The van der Waals surface area contributed by atoms with Crippen LogP contribution in [-0.2, 0) is 6.54 Å². The van der Waals surface area contributed by atoms with Crippen molar-refractivity contribution in [2.75, 3.05) is 5.32 Å². The van der Waals surface area contributed by atoms with Gasteiger partial charge in [-0.2, -0.15) is 5.10 Å². The Labute approximate surface area is 118 Å². The third kappa shape index (κ3) is 2.76. The third-order valence-electron chi connectivity index (χ3n) is 4.03. The Hall–Kier alpha value is -1.47. The molecule has 19 heavy (non-hydrogen) atoms. The van der Waals surface area contributed by atoms with Gasteiger partial charge in [-0.15, -0.1) is 6.42 Å². The normalized spacial score (nSPS) is 26.1. The van der Waals surface area contributed by atoms with Crippen molar-refractivity contribution in [2.24, 2.45) is 11.8 Å². The number of terminal acetylenes is 1. The van der Waals surface area contributed by atoms with Crippen LogP contribution in [-0.4, -0.2) is 15.8 Å².